The highest BCUT2D eigenvalue weighted by Gasteiger charge is 2.14. The Bertz CT molecular complexity index is 721. The van der Waals surface area contributed by atoms with Crippen molar-refractivity contribution in [2.45, 2.75) is 26.7 Å². The molecule has 1 heterocycles. The summed E-state index contributed by atoms with van der Waals surface area (Å²) in [5.41, 5.74) is 2.94. The van der Waals surface area contributed by atoms with Gasteiger partial charge in [-0.2, -0.15) is 0 Å². The van der Waals surface area contributed by atoms with Crippen molar-refractivity contribution < 1.29 is 9.47 Å². The van der Waals surface area contributed by atoms with Crippen molar-refractivity contribution in [1.82, 2.24) is 9.97 Å². The Morgan fingerprint density at radius 3 is 2.59 bits per heavy atom. The predicted octanol–water partition coefficient (Wildman–Crippen LogP) is 4.02. The van der Waals surface area contributed by atoms with E-state index in [0.717, 1.165) is 35.3 Å². The Balaban J connectivity index is 2.48. The molecule has 2 rings (SSSR count). The van der Waals surface area contributed by atoms with Crippen molar-refractivity contribution in [1.29, 1.82) is 0 Å². The fraction of sp³-hybridized carbons (Fsp3) is 0.333. The quantitative estimate of drug-likeness (QED) is 0.756. The molecule has 0 saturated heterocycles. The molecule has 1 aromatic heterocycles. The second-order valence-corrected chi connectivity index (χ2v) is 4.99. The fourth-order valence-corrected chi connectivity index (χ4v) is 2.45. The van der Waals surface area contributed by atoms with Crippen LogP contribution in [0.3, 0.4) is 0 Å². The molecule has 116 valence electrons. The van der Waals surface area contributed by atoms with Gasteiger partial charge in [0, 0.05) is 17.5 Å². The molecule has 0 radical (unpaired) electrons. The average molecular weight is 298 g/mol. The van der Waals surface area contributed by atoms with E-state index in [1.54, 1.807) is 14.2 Å². The number of hydrogen-bond donors (Lipinski definition) is 0. The lowest BCUT2D eigenvalue weighted by atomic mass is 10.1. The molecule has 0 unspecified atom stereocenters. The third-order valence-electron chi connectivity index (χ3n) is 3.72. The Kier molecular flexibility index (Phi) is 5.15. The number of fused-ring (bicyclic) bond motifs is 1. The Morgan fingerprint density at radius 1 is 1.23 bits per heavy atom. The Hall–Kier alpha value is -2.36. The number of methoxy groups -OCH3 is 2. The molecule has 1 aromatic carbocycles. The van der Waals surface area contributed by atoms with E-state index in [4.69, 9.17) is 9.47 Å². The zero-order chi connectivity index (χ0) is 16.1. The molecule has 0 aliphatic rings. The Morgan fingerprint density at radius 2 is 2.00 bits per heavy atom. The van der Waals surface area contributed by atoms with Crippen LogP contribution < -0.4 is 9.47 Å². The van der Waals surface area contributed by atoms with Crippen LogP contribution in [0.15, 0.2) is 36.4 Å². The molecule has 0 N–H and O–H groups in total. The lowest BCUT2D eigenvalue weighted by Crippen LogP contribution is -2.02. The summed E-state index contributed by atoms with van der Waals surface area (Å²) in [6.45, 7) is 7.82. The number of benzene rings is 1. The first kappa shape index (κ1) is 16.0. The van der Waals surface area contributed by atoms with Gasteiger partial charge in [-0.3, -0.25) is 0 Å². The van der Waals surface area contributed by atoms with E-state index in [-0.39, 0.29) is 0 Å². The molecule has 0 bridgehead atoms. The minimum absolute atomic E-state index is 0.654. The molecule has 0 spiro atoms. The van der Waals surface area contributed by atoms with Crippen molar-refractivity contribution >= 4 is 10.9 Å². The Labute approximate surface area is 131 Å². The van der Waals surface area contributed by atoms with E-state index in [0.29, 0.717) is 11.5 Å². The summed E-state index contributed by atoms with van der Waals surface area (Å²) in [6.07, 6.45) is 5.57. The van der Waals surface area contributed by atoms with Crippen LogP contribution in [-0.2, 0) is 6.42 Å². The zero-order valence-corrected chi connectivity index (χ0v) is 13.6. The molecule has 0 saturated carbocycles. The van der Waals surface area contributed by atoms with Crippen molar-refractivity contribution in [3.05, 3.63) is 48.0 Å². The normalized spacial score (nSPS) is 11.5. The monoisotopic (exact) mass is 298 g/mol. The summed E-state index contributed by atoms with van der Waals surface area (Å²) >= 11 is 0. The van der Waals surface area contributed by atoms with Gasteiger partial charge >= 0.3 is 0 Å². The van der Waals surface area contributed by atoms with E-state index >= 15 is 0 Å². The molecule has 2 aromatic rings. The second kappa shape index (κ2) is 7.07. The largest absolute Gasteiger partial charge is 0.493 e. The van der Waals surface area contributed by atoms with Crippen molar-refractivity contribution in [3.8, 4) is 11.5 Å². The van der Waals surface area contributed by atoms with Crippen LogP contribution >= 0.6 is 0 Å². The number of allylic oxidation sites excluding steroid dienone is 3. The topological polar surface area (TPSA) is 44.2 Å². The van der Waals surface area contributed by atoms with E-state index in [1.165, 1.54) is 5.57 Å². The van der Waals surface area contributed by atoms with Crippen molar-refractivity contribution in [2.75, 3.05) is 14.2 Å². The van der Waals surface area contributed by atoms with Crippen LogP contribution in [-0.4, -0.2) is 24.2 Å². The van der Waals surface area contributed by atoms with Crippen LogP contribution in [0.5, 0.6) is 11.5 Å². The van der Waals surface area contributed by atoms with E-state index < -0.39 is 0 Å². The highest BCUT2D eigenvalue weighted by Crippen LogP contribution is 2.35. The van der Waals surface area contributed by atoms with Crippen molar-refractivity contribution in [3.63, 3.8) is 0 Å². The molecule has 0 atom stereocenters. The first-order valence-corrected chi connectivity index (χ1v) is 7.30. The van der Waals surface area contributed by atoms with Gasteiger partial charge in [0.15, 0.2) is 11.5 Å². The molecule has 0 fully saturated rings. The zero-order valence-electron chi connectivity index (χ0n) is 13.6. The molecule has 0 aliphatic carbocycles. The smallest absolute Gasteiger partial charge is 0.187 e. The lowest BCUT2D eigenvalue weighted by Gasteiger charge is -2.12. The number of aryl methyl sites for hydroxylation is 2. The minimum atomic E-state index is 0.654. The SMILES string of the molecule is C=C/C(=C\C)CCc1nc(C)c2ccc(OC)c(OC)c2n1. The van der Waals surface area contributed by atoms with Gasteiger partial charge in [-0.25, -0.2) is 9.97 Å². The molecule has 0 amide bonds. The summed E-state index contributed by atoms with van der Waals surface area (Å²) in [5, 5.41) is 0.983. The number of hydrogen-bond acceptors (Lipinski definition) is 4. The molecule has 4 heteroatoms. The first-order chi connectivity index (χ1) is 10.6. The average Bonchev–Trinajstić information content (AvgIpc) is 2.54. The molecule has 22 heavy (non-hydrogen) atoms. The second-order valence-electron chi connectivity index (χ2n) is 4.99. The van der Waals surface area contributed by atoms with E-state index in [2.05, 4.69) is 22.6 Å². The third kappa shape index (κ3) is 3.11. The predicted molar refractivity (Wildman–Crippen MR) is 89.7 cm³/mol. The number of aromatic nitrogens is 2. The molecule has 0 aliphatic heterocycles. The maximum Gasteiger partial charge on any atom is 0.187 e. The third-order valence-corrected chi connectivity index (χ3v) is 3.72. The van der Waals surface area contributed by atoms with Gasteiger partial charge in [0.1, 0.15) is 11.3 Å². The summed E-state index contributed by atoms with van der Waals surface area (Å²) < 4.78 is 10.8. The van der Waals surface area contributed by atoms with Gasteiger partial charge in [-0.05, 0) is 32.4 Å². The summed E-state index contributed by atoms with van der Waals surface area (Å²) in [5.74, 6) is 2.14. The highest BCUT2D eigenvalue weighted by atomic mass is 16.5. The van der Waals surface area contributed by atoms with Gasteiger partial charge in [-0.1, -0.05) is 24.3 Å². The number of nitrogens with zero attached hydrogens (tertiary/aromatic N) is 2. The summed E-state index contributed by atoms with van der Waals surface area (Å²) in [7, 11) is 3.26. The summed E-state index contributed by atoms with van der Waals surface area (Å²) in [4.78, 5) is 9.28. The van der Waals surface area contributed by atoms with Gasteiger partial charge in [0.2, 0.25) is 0 Å². The standard InChI is InChI=1S/C18H22N2O2/c1-6-13(7-2)8-11-16-19-12(3)14-9-10-15(21-4)18(22-5)17(14)20-16/h6-7,9-10H,1,8,11H2,2-5H3/b13-7+. The minimum Gasteiger partial charge on any atom is -0.493 e. The number of rotatable bonds is 6. The van der Waals surface area contributed by atoms with Gasteiger partial charge in [0.25, 0.3) is 0 Å². The fourth-order valence-electron chi connectivity index (χ4n) is 2.45. The van der Waals surface area contributed by atoms with Gasteiger partial charge in [0.05, 0.1) is 14.2 Å². The highest BCUT2D eigenvalue weighted by molar-refractivity contribution is 5.88. The van der Waals surface area contributed by atoms with Crippen molar-refractivity contribution in [2.24, 2.45) is 0 Å². The van der Waals surface area contributed by atoms with Crippen LogP contribution in [0.25, 0.3) is 10.9 Å². The van der Waals surface area contributed by atoms with E-state index in [9.17, 15) is 0 Å². The van der Waals surface area contributed by atoms with Crippen LogP contribution in [0.4, 0.5) is 0 Å². The van der Waals surface area contributed by atoms with Crippen LogP contribution in [0, 0.1) is 6.92 Å². The number of ether oxygens (including phenoxy) is 2. The molecular weight excluding hydrogens is 276 g/mol. The first-order valence-electron chi connectivity index (χ1n) is 7.30. The van der Waals surface area contributed by atoms with Crippen LogP contribution in [0.2, 0.25) is 0 Å². The summed E-state index contributed by atoms with van der Waals surface area (Å²) in [6, 6.07) is 3.85. The van der Waals surface area contributed by atoms with Gasteiger partial charge < -0.3 is 9.47 Å². The van der Waals surface area contributed by atoms with Gasteiger partial charge in [-0.15, -0.1) is 0 Å². The molecular formula is C18H22N2O2. The lowest BCUT2D eigenvalue weighted by molar-refractivity contribution is 0.358. The molecule has 4 nitrogen and oxygen atoms in total. The maximum absolute atomic E-state index is 5.48. The maximum atomic E-state index is 5.48. The van der Waals surface area contributed by atoms with E-state index in [1.807, 2.05) is 32.1 Å². The van der Waals surface area contributed by atoms with Crippen LogP contribution in [0.1, 0.15) is 24.9 Å².